The number of hydrogen-bond donors (Lipinski definition) is 2. The molecule has 22 heavy (non-hydrogen) atoms. The SMILES string of the molecule is CCC1=NOC(CNC(=O)c2ccc3c(c2)OCC(=O)N3)C1. The van der Waals surface area contributed by atoms with Gasteiger partial charge in [0.15, 0.2) is 6.61 Å². The van der Waals surface area contributed by atoms with Crippen LogP contribution < -0.4 is 15.4 Å². The molecule has 1 aromatic carbocycles. The first kappa shape index (κ1) is 14.4. The molecule has 2 aliphatic heterocycles. The Morgan fingerprint density at radius 3 is 3.14 bits per heavy atom. The lowest BCUT2D eigenvalue weighted by molar-refractivity contribution is -0.118. The van der Waals surface area contributed by atoms with Gasteiger partial charge < -0.3 is 20.2 Å². The molecular weight excluding hydrogens is 286 g/mol. The zero-order valence-corrected chi connectivity index (χ0v) is 12.2. The predicted octanol–water partition coefficient (Wildman–Crippen LogP) is 1.30. The number of amides is 2. The number of rotatable bonds is 4. The average molecular weight is 303 g/mol. The molecule has 2 heterocycles. The van der Waals surface area contributed by atoms with E-state index in [1.54, 1.807) is 18.2 Å². The zero-order chi connectivity index (χ0) is 15.5. The van der Waals surface area contributed by atoms with Crippen LogP contribution in [0.1, 0.15) is 30.1 Å². The minimum absolute atomic E-state index is 0.0366. The molecule has 1 atom stereocenters. The largest absolute Gasteiger partial charge is 0.482 e. The molecule has 0 fully saturated rings. The summed E-state index contributed by atoms with van der Waals surface area (Å²) in [6, 6.07) is 4.92. The van der Waals surface area contributed by atoms with Crippen LogP contribution in [0.5, 0.6) is 5.75 Å². The van der Waals surface area contributed by atoms with Crippen LogP contribution in [0.3, 0.4) is 0 Å². The summed E-state index contributed by atoms with van der Waals surface area (Å²) in [6.07, 6.45) is 1.50. The van der Waals surface area contributed by atoms with Crippen LogP contribution in [0.2, 0.25) is 0 Å². The van der Waals surface area contributed by atoms with Crippen LogP contribution in [0, 0.1) is 0 Å². The zero-order valence-electron chi connectivity index (χ0n) is 12.2. The third-order valence-corrected chi connectivity index (χ3v) is 3.57. The molecule has 0 radical (unpaired) electrons. The normalized spacial score (nSPS) is 19.4. The summed E-state index contributed by atoms with van der Waals surface area (Å²) in [5.41, 5.74) is 2.06. The van der Waals surface area contributed by atoms with Crippen molar-refractivity contribution >= 4 is 23.2 Å². The van der Waals surface area contributed by atoms with Gasteiger partial charge in [-0.25, -0.2) is 0 Å². The second-order valence-electron chi connectivity index (χ2n) is 5.20. The van der Waals surface area contributed by atoms with Gasteiger partial charge in [-0.1, -0.05) is 12.1 Å². The Balaban J connectivity index is 1.58. The van der Waals surface area contributed by atoms with Crippen molar-refractivity contribution in [1.82, 2.24) is 5.32 Å². The van der Waals surface area contributed by atoms with Crippen molar-refractivity contribution in [2.75, 3.05) is 18.5 Å². The molecule has 0 aromatic heterocycles. The van der Waals surface area contributed by atoms with Gasteiger partial charge in [-0.05, 0) is 24.6 Å². The Morgan fingerprint density at radius 2 is 2.36 bits per heavy atom. The summed E-state index contributed by atoms with van der Waals surface area (Å²) in [6.45, 7) is 2.39. The number of anilines is 1. The maximum absolute atomic E-state index is 12.2. The van der Waals surface area contributed by atoms with Gasteiger partial charge in [-0.2, -0.15) is 0 Å². The minimum Gasteiger partial charge on any atom is -0.482 e. The molecule has 0 bridgehead atoms. The van der Waals surface area contributed by atoms with E-state index < -0.39 is 0 Å². The van der Waals surface area contributed by atoms with Gasteiger partial charge >= 0.3 is 0 Å². The highest BCUT2D eigenvalue weighted by Gasteiger charge is 2.21. The number of ether oxygens (including phenoxy) is 1. The second kappa shape index (κ2) is 6.05. The van der Waals surface area contributed by atoms with Crippen LogP contribution in [0.15, 0.2) is 23.4 Å². The Labute approximate surface area is 127 Å². The quantitative estimate of drug-likeness (QED) is 0.877. The van der Waals surface area contributed by atoms with Crippen molar-refractivity contribution in [3.05, 3.63) is 23.8 Å². The first-order valence-electron chi connectivity index (χ1n) is 7.22. The number of nitrogens with one attached hydrogen (secondary N) is 2. The summed E-state index contributed by atoms with van der Waals surface area (Å²) in [5.74, 6) is 0.0904. The second-order valence-corrected chi connectivity index (χ2v) is 5.20. The fourth-order valence-electron chi connectivity index (χ4n) is 2.33. The van der Waals surface area contributed by atoms with Gasteiger partial charge in [0.2, 0.25) is 0 Å². The van der Waals surface area contributed by atoms with Gasteiger partial charge in [-0.15, -0.1) is 0 Å². The van der Waals surface area contributed by atoms with Crippen molar-refractivity contribution in [1.29, 1.82) is 0 Å². The summed E-state index contributed by atoms with van der Waals surface area (Å²) < 4.78 is 5.30. The summed E-state index contributed by atoms with van der Waals surface area (Å²) in [5, 5.41) is 9.46. The van der Waals surface area contributed by atoms with E-state index in [2.05, 4.69) is 15.8 Å². The van der Waals surface area contributed by atoms with Crippen molar-refractivity contribution < 1.29 is 19.2 Å². The highest BCUT2D eigenvalue weighted by Crippen LogP contribution is 2.28. The summed E-state index contributed by atoms with van der Waals surface area (Å²) in [7, 11) is 0. The Hall–Kier alpha value is -2.57. The molecule has 0 saturated heterocycles. The molecule has 1 unspecified atom stereocenters. The van der Waals surface area contributed by atoms with E-state index in [0.717, 1.165) is 18.6 Å². The van der Waals surface area contributed by atoms with Crippen molar-refractivity contribution in [2.45, 2.75) is 25.9 Å². The van der Waals surface area contributed by atoms with Crippen LogP contribution in [0.25, 0.3) is 0 Å². The molecule has 0 spiro atoms. The fraction of sp³-hybridized carbons (Fsp3) is 0.400. The smallest absolute Gasteiger partial charge is 0.262 e. The lowest BCUT2D eigenvalue weighted by atomic mass is 10.1. The third kappa shape index (κ3) is 3.03. The van der Waals surface area contributed by atoms with E-state index >= 15 is 0 Å². The Morgan fingerprint density at radius 1 is 1.50 bits per heavy atom. The molecule has 2 amide bonds. The van der Waals surface area contributed by atoms with E-state index in [0.29, 0.717) is 23.5 Å². The lowest BCUT2D eigenvalue weighted by Crippen LogP contribution is -2.32. The summed E-state index contributed by atoms with van der Waals surface area (Å²) in [4.78, 5) is 28.6. The van der Waals surface area contributed by atoms with Crippen molar-refractivity contribution in [3.8, 4) is 5.75 Å². The molecule has 7 nitrogen and oxygen atoms in total. The number of fused-ring (bicyclic) bond motifs is 1. The van der Waals surface area contributed by atoms with Crippen LogP contribution in [-0.4, -0.2) is 36.8 Å². The maximum atomic E-state index is 12.2. The lowest BCUT2D eigenvalue weighted by Gasteiger charge is -2.18. The van der Waals surface area contributed by atoms with Gasteiger partial charge in [0, 0.05) is 12.0 Å². The number of benzene rings is 1. The molecular formula is C15H17N3O4. The van der Waals surface area contributed by atoms with E-state index in [9.17, 15) is 9.59 Å². The molecule has 1 aromatic rings. The van der Waals surface area contributed by atoms with E-state index in [1.165, 1.54) is 0 Å². The first-order chi connectivity index (χ1) is 10.7. The van der Waals surface area contributed by atoms with Crippen LogP contribution >= 0.6 is 0 Å². The van der Waals surface area contributed by atoms with Crippen LogP contribution in [0.4, 0.5) is 5.69 Å². The Bertz CT molecular complexity index is 642. The highest BCUT2D eigenvalue weighted by molar-refractivity contribution is 5.99. The van der Waals surface area contributed by atoms with Crippen molar-refractivity contribution in [3.63, 3.8) is 0 Å². The number of carbonyl (C=O) groups excluding carboxylic acids is 2. The molecule has 116 valence electrons. The number of hydrogen-bond acceptors (Lipinski definition) is 5. The van der Waals surface area contributed by atoms with Crippen LogP contribution in [-0.2, 0) is 9.63 Å². The van der Waals surface area contributed by atoms with Crippen molar-refractivity contribution in [2.24, 2.45) is 5.16 Å². The summed E-state index contributed by atoms with van der Waals surface area (Å²) >= 11 is 0. The third-order valence-electron chi connectivity index (χ3n) is 3.57. The van der Waals surface area contributed by atoms with Gasteiger partial charge in [-0.3, -0.25) is 9.59 Å². The highest BCUT2D eigenvalue weighted by atomic mass is 16.6. The van der Waals surface area contributed by atoms with Gasteiger partial charge in [0.05, 0.1) is 17.9 Å². The topological polar surface area (TPSA) is 89.0 Å². The molecule has 0 aliphatic carbocycles. The standard InChI is InChI=1S/C15H17N3O4/c1-2-10-6-11(22-18-10)7-16-15(20)9-3-4-12-13(5-9)21-8-14(19)17-12/h3-5,11H,2,6-8H2,1H3,(H,16,20)(H,17,19). The predicted molar refractivity (Wildman–Crippen MR) is 80.1 cm³/mol. The van der Waals surface area contributed by atoms with E-state index in [-0.39, 0.29) is 24.5 Å². The number of nitrogens with zero attached hydrogens (tertiary/aromatic N) is 1. The van der Waals surface area contributed by atoms with Gasteiger partial charge in [0.1, 0.15) is 11.9 Å². The number of oxime groups is 1. The molecule has 7 heteroatoms. The fourth-order valence-corrected chi connectivity index (χ4v) is 2.33. The minimum atomic E-state index is -0.211. The average Bonchev–Trinajstić information content (AvgIpc) is 3.00. The van der Waals surface area contributed by atoms with Gasteiger partial charge in [0.25, 0.3) is 11.8 Å². The molecule has 0 saturated carbocycles. The van der Waals surface area contributed by atoms with E-state index in [4.69, 9.17) is 9.57 Å². The monoisotopic (exact) mass is 303 g/mol. The molecule has 2 N–H and O–H groups in total. The maximum Gasteiger partial charge on any atom is 0.262 e. The number of carbonyl (C=O) groups is 2. The molecule has 2 aliphatic rings. The molecule has 3 rings (SSSR count). The Kier molecular flexibility index (Phi) is 3.95. The first-order valence-corrected chi connectivity index (χ1v) is 7.22. The van der Waals surface area contributed by atoms with E-state index in [1.807, 2.05) is 6.92 Å².